The molecule has 0 saturated carbocycles. The van der Waals surface area contributed by atoms with E-state index in [2.05, 4.69) is 0 Å². The molecule has 1 heterocycles. The molecular weight excluding hydrogens is 323 g/mol. The van der Waals surface area contributed by atoms with Gasteiger partial charge in [-0.1, -0.05) is 23.2 Å². The topological polar surface area (TPSA) is 72.6 Å². The van der Waals surface area contributed by atoms with E-state index in [0.717, 1.165) is 0 Å². The van der Waals surface area contributed by atoms with Crippen molar-refractivity contribution in [3.8, 4) is 0 Å². The normalized spacial score (nSPS) is 24.8. The minimum Gasteiger partial charge on any atom is -0.396 e. The summed E-state index contributed by atoms with van der Waals surface area (Å²) in [6.45, 7) is 4.24. The van der Waals surface area contributed by atoms with Gasteiger partial charge in [-0.2, -0.15) is 4.31 Å². The maximum atomic E-state index is 12.7. The number of nitrogen functional groups attached to an aromatic ring is 1. The van der Waals surface area contributed by atoms with Crippen LogP contribution in [0.4, 0.5) is 5.69 Å². The van der Waals surface area contributed by atoms with E-state index in [-0.39, 0.29) is 39.3 Å². The highest BCUT2D eigenvalue weighted by molar-refractivity contribution is 7.89. The van der Waals surface area contributed by atoms with Crippen LogP contribution < -0.4 is 5.73 Å². The number of halogens is 2. The molecule has 2 N–H and O–H groups in total. The van der Waals surface area contributed by atoms with Crippen LogP contribution in [-0.4, -0.2) is 38.0 Å². The third kappa shape index (κ3) is 2.76. The third-order valence-corrected chi connectivity index (χ3v) is 6.10. The number of rotatable bonds is 2. The zero-order valence-electron chi connectivity index (χ0n) is 11.1. The number of anilines is 1. The Kier molecular flexibility index (Phi) is 4.51. The van der Waals surface area contributed by atoms with Crippen molar-refractivity contribution in [2.45, 2.75) is 30.9 Å². The van der Waals surface area contributed by atoms with Gasteiger partial charge in [0.2, 0.25) is 10.0 Å². The van der Waals surface area contributed by atoms with Crippen molar-refractivity contribution in [2.24, 2.45) is 0 Å². The molecule has 5 nitrogen and oxygen atoms in total. The second-order valence-corrected chi connectivity index (χ2v) is 7.49. The van der Waals surface area contributed by atoms with E-state index in [1.54, 1.807) is 6.92 Å². The highest BCUT2D eigenvalue weighted by Crippen LogP contribution is 2.35. The molecular formula is C12H16Cl2N2O3S. The van der Waals surface area contributed by atoms with Gasteiger partial charge in [0, 0.05) is 12.6 Å². The average molecular weight is 339 g/mol. The van der Waals surface area contributed by atoms with Crippen LogP contribution in [-0.2, 0) is 14.8 Å². The van der Waals surface area contributed by atoms with Crippen molar-refractivity contribution in [3.05, 3.63) is 22.2 Å². The molecule has 2 unspecified atom stereocenters. The molecule has 0 bridgehead atoms. The third-order valence-electron chi connectivity index (χ3n) is 3.23. The van der Waals surface area contributed by atoms with Crippen LogP contribution in [0.2, 0.25) is 10.0 Å². The predicted octanol–water partition coefficient (Wildman–Crippen LogP) is 2.37. The molecule has 0 spiro atoms. The largest absolute Gasteiger partial charge is 0.396 e. The van der Waals surface area contributed by atoms with Crippen LogP contribution in [0.5, 0.6) is 0 Å². The minimum absolute atomic E-state index is 0.0259. The first kappa shape index (κ1) is 15.9. The molecule has 0 radical (unpaired) electrons. The van der Waals surface area contributed by atoms with E-state index in [1.165, 1.54) is 16.4 Å². The monoisotopic (exact) mass is 338 g/mol. The molecule has 2 rings (SSSR count). The molecule has 0 aromatic heterocycles. The van der Waals surface area contributed by atoms with E-state index < -0.39 is 10.0 Å². The number of nitrogens with two attached hydrogens (primary N) is 1. The Labute approximate surface area is 128 Å². The number of nitrogens with zero attached hydrogens (tertiary/aromatic N) is 1. The SMILES string of the molecule is CC1CN(S(=O)(=O)c2ccc(Cl)c(N)c2Cl)C(C)CO1. The minimum atomic E-state index is -3.73. The van der Waals surface area contributed by atoms with Crippen LogP contribution in [0.25, 0.3) is 0 Å². The van der Waals surface area contributed by atoms with Crippen molar-refractivity contribution < 1.29 is 13.2 Å². The van der Waals surface area contributed by atoms with Gasteiger partial charge in [0.25, 0.3) is 0 Å². The Balaban J connectivity index is 2.47. The fraction of sp³-hybridized carbons (Fsp3) is 0.500. The van der Waals surface area contributed by atoms with Gasteiger partial charge in [0.15, 0.2) is 0 Å². The van der Waals surface area contributed by atoms with Crippen LogP contribution in [0.3, 0.4) is 0 Å². The van der Waals surface area contributed by atoms with Crippen molar-refractivity contribution in [3.63, 3.8) is 0 Å². The zero-order valence-corrected chi connectivity index (χ0v) is 13.5. The fourth-order valence-corrected chi connectivity index (χ4v) is 4.52. The zero-order chi connectivity index (χ0) is 15.1. The summed E-state index contributed by atoms with van der Waals surface area (Å²) < 4.78 is 32.3. The van der Waals surface area contributed by atoms with Crippen LogP contribution in [0.15, 0.2) is 17.0 Å². The van der Waals surface area contributed by atoms with Gasteiger partial charge >= 0.3 is 0 Å². The Morgan fingerprint density at radius 2 is 2.00 bits per heavy atom. The van der Waals surface area contributed by atoms with Crippen LogP contribution in [0, 0.1) is 0 Å². The standard InChI is InChI=1S/C12H16Cl2N2O3S/c1-7-6-19-8(2)5-16(7)20(17,18)10-4-3-9(13)12(15)11(10)14/h3-4,7-8H,5-6,15H2,1-2H3. The number of ether oxygens (including phenoxy) is 1. The first-order valence-corrected chi connectivity index (χ1v) is 8.31. The van der Waals surface area contributed by atoms with E-state index in [0.29, 0.717) is 6.61 Å². The summed E-state index contributed by atoms with van der Waals surface area (Å²) in [7, 11) is -3.73. The van der Waals surface area contributed by atoms with Gasteiger partial charge in [0.1, 0.15) is 4.90 Å². The van der Waals surface area contributed by atoms with Gasteiger partial charge < -0.3 is 10.5 Å². The lowest BCUT2D eigenvalue weighted by molar-refractivity contribution is -0.0170. The van der Waals surface area contributed by atoms with Crippen molar-refractivity contribution in [1.82, 2.24) is 4.31 Å². The van der Waals surface area contributed by atoms with Gasteiger partial charge in [-0.25, -0.2) is 8.42 Å². The van der Waals surface area contributed by atoms with Gasteiger partial charge in [-0.05, 0) is 26.0 Å². The molecule has 2 atom stereocenters. The molecule has 1 saturated heterocycles. The van der Waals surface area contributed by atoms with E-state index in [9.17, 15) is 8.42 Å². The average Bonchev–Trinajstić information content (AvgIpc) is 2.38. The number of morpholine rings is 1. The van der Waals surface area contributed by atoms with Crippen molar-refractivity contribution >= 4 is 38.9 Å². The quantitative estimate of drug-likeness (QED) is 0.840. The highest BCUT2D eigenvalue weighted by Gasteiger charge is 2.35. The lowest BCUT2D eigenvalue weighted by Gasteiger charge is -2.35. The number of hydrogen-bond donors (Lipinski definition) is 1. The van der Waals surface area contributed by atoms with E-state index in [4.69, 9.17) is 33.7 Å². The van der Waals surface area contributed by atoms with E-state index in [1.807, 2.05) is 6.92 Å². The van der Waals surface area contributed by atoms with Gasteiger partial charge in [0.05, 0.1) is 28.4 Å². The molecule has 0 amide bonds. The predicted molar refractivity (Wildman–Crippen MR) is 79.6 cm³/mol. The summed E-state index contributed by atoms with van der Waals surface area (Å²) >= 11 is 11.9. The molecule has 8 heteroatoms. The van der Waals surface area contributed by atoms with Crippen LogP contribution >= 0.6 is 23.2 Å². The second kappa shape index (κ2) is 5.69. The van der Waals surface area contributed by atoms with Crippen molar-refractivity contribution in [1.29, 1.82) is 0 Å². The fourth-order valence-electron chi connectivity index (χ4n) is 2.08. The summed E-state index contributed by atoms with van der Waals surface area (Å²) in [6, 6.07) is 2.55. The summed E-state index contributed by atoms with van der Waals surface area (Å²) in [6.07, 6.45) is -0.163. The van der Waals surface area contributed by atoms with Crippen molar-refractivity contribution in [2.75, 3.05) is 18.9 Å². The van der Waals surface area contributed by atoms with Gasteiger partial charge in [-0.15, -0.1) is 0 Å². The lowest BCUT2D eigenvalue weighted by Crippen LogP contribution is -2.50. The summed E-state index contributed by atoms with van der Waals surface area (Å²) in [4.78, 5) is -0.0259. The van der Waals surface area contributed by atoms with Gasteiger partial charge in [-0.3, -0.25) is 0 Å². The smallest absolute Gasteiger partial charge is 0.245 e. The molecule has 1 aliphatic heterocycles. The Morgan fingerprint density at radius 3 is 2.65 bits per heavy atom. The first-order valence-electron chi connectivity index (χ1n) is 6.12. The molecule has 1 aliphatic rings. The Morgan fingerprint density at radius 1 is 1.35 bits per heavy atom. The summed E-state index contributed by atoms with van der Waals surface area (Å²) in [5, 5.41) is 0.196. The molecule has 0 aliphatic carbocycles. The Hall–Kier alpha value is -0.530. The number of benzene rings is 1. The molecule has 1 aromatic carbocycles. The Bertz CT molecular complexity index is 621. The second-order valence-electron chi connectivity index (χ2n) is 4.84. The highest BCUT2D eigenvalue weighted by atomic mass is 35.5. The first-order chi connectivity index (χ1) is 9.25. The molecule has 20 heavy (non-hydrogen) atoms. The number of sulfonamides is 1. The molecule has 112 valence electrons. The summed E-state index contributed by atoms with van der Waals surface area (Å²) in [5.74, 6) is 0. The molecule has 1 aromatic rings. The van der Waals surface area contributed by atoms with E-state index >= 15 is 0 Å². The van der Waals surface area contributed by atoms with Crippen LogP contribution in [0.1, 0.15) is 13.8 Å². The molecule has 1 fully saturated rings. The number of hydrogen-bond acceptors (Lipinski definition) is 4. The lowest BCUT2D eigenvalue weighted by atomic mass is 10.2. The maximum Gasteiger partial charge on any atom is 0.245 e. The maximum absolute atomic E-state index is 12.7. The summed E-state index contributed by atoms with van der Waals surface area (Å²) in [5.41, 5.74) is 5.77.